The molecule has 0 spiro atoms. The quantitative estimate of drug-likeness (QED) is 0.867. The van der Waals surface area contributed by atoms with Gasteiger partial charge in [0.2, 0.25) is 5.88 Å². The topological polar surface area (TPSA) is 61.0 Å². The van der Waals surface area contributed by atoms with Crippen LogP contribution in [-0.2, 0) is 0 Å². The Morgan fingerprint density at radius 1 is 1.24 bits per heavy atom. The van der Waals surface area contributed by atoms with E-state index in [0.717, 1.165) is 9.79 Å². The second kappa shape index (κ2) is 5.25. The van der Waals surface area contributed by atoms with Crippen molar-refractivity contribution in [2.45, 2.75) is 9.79 Å². The molecule has 2 aromatic rings. The Morgan fingerprint density at radius 3 is 2.71 bits per heavy atom. The molecule has 0 aliphatic carbocycles. The van der Waals surface area contributed by atoms with Gasteiger partial charge in [0.1, 0.15) is 0 Å². The molecule has 6 heteroatoms. The van der Waals surface area contributed by atoms with Gasteiger partial charge in [0.15, 0.2) is 5.15 Å². The van der Waals surface area contributed by atoms with E-state index in [0.29, 0.717) is 16.7 Å². The van der Waals surface area contributed by atoms with Crippen molar-refractivity contribution in [2.24, 2.45) is 0 Å². The van der Waals surface area contributed by atoms with E-state index in [4.69, 9.17) is 22.1 Å². The summed E-state index contributed by atoms with van der Waals surface area (Å²) in [5.41, 5.74) is 6.57. The molecular formula is C11H10ClN3OS. The molecule has 1 aromatic carbocycles. The summed E-state index contributed by atoms with van der Waals surface area (Å²) in [5.74, 6) is 0.433. The minimum absolute atomic E-state index is 0.322. The number of nitrogens with two attached hydrogens (primary N) is 1. The number of halogens is 1. The highest BCUT2D eigenvalue weighted by Crippen LogP contribution is 2.36. The van der Waals surface area contributed by atoms with E-state index >= 15 is 0 Å². The molecule has 0 atom stereocenters. The number of hydrogen-bond acceptors (Lipinski definition) is 5. The zero-order chi connectivity index (χ0) is 12.3. The van der Waals surface area contributed by atoms with Crippen LogP contribution in [0.25, 0.3) is 0 Å². The predicted octanol–water partition coefficient (Wildman–Crippen LogP) is 2.87. The number of aromatic nitrogens is 2. The normalized spacial score (nSPS) is 10.2. The van der Waals surface area contributed by atoms with Gasteiger partial charge in [-0.2, -0.15) is 0 Å². The van der Waals surface area contributed by atoms with Gasteiger partial charge in [-0.3, -0.25) is 0 Å². The zero-order valence-corrected chi connectivity index (χ0v) is 10.6. The first kappa shape index (κ1) is 12.0. The molecule has 0 saturated heterocycles. The van der Waals surface area contributed by atoms with Crippen LogP contribution in [0.15, 0.2) is 40.1 Å². The van der Waals surface area contributed by atoms with Crippen LogP contribution in [0.5, 0.6) is 5.88 Å². The molecule has 2 N–H and O–H groups in total. The third kappa shape index (κ3) is 2.81. The van der Waals surface area contributed by atoms with Gasteiger partial charge in [-0.05, 0) is 18.2 Å². The van der Waals surface area contributed by atoms with E-state index in [1.165, 1.54) is 18.9 Å². The van der Waals surface area contributed by atoms with E-state index in [-0.39, 0.29) is 0 Å². The fourth-order valence-corrected chi connectivity index (χ4v) is 2.41. The van der Waals surface area contributed by atoms with Crippen LogP contribution in [-0.4, -0.2) is 17.3 Å². The highest BCUT2D eigenvalue weighted by molar-refractivity contribution is 7.99. The van der Waals surface area contributed by atoms with Crippen LogP contribution < -0.4 is 10.5 Å². The fraction of sp³-hybridized carbons (Fsp3) is 0.0909. The molecule has 1 heterocycles. The molecule has 4 nitrogen and oxygen atoms in total. The number of para-hydroxylation sites is 1. The molecule has 2 rings (SSSR count). The number of methoxy groups -OCH3 is 1. The van der Waals surface area contributed by atoms with Gasteiger partial charge < -0.3 is 10.5 Å². The lowest BCUT2D eigenvalue weighted by Crippen LogP contribution is -1.94. The Morgan fingerprint density at radius 2 is 2.00 bits per heavy atom. The number of nitrogen functional groups attached to an aromatic ring is 1. The van der Waals surface area contributed by atoms with Crippen molar-refractivity contribution >= 4 is 29.1 Å². The Kier molecular flexibility index (Phi) is 3.71. The lowest BCUT2D eigenvalue weighted by molar-refractivity contribution is 0.381. The standard InChI is InChI=1S/C11H10ClN3OS/c1-16-11-9(6-10(12)14-15-11)17-8-5-3-2-4-7(8)13/h2-6H,13H2,1H3. The second-order valence-corrected chi connectivity index (χ2v) is 4.65. The highest BCUT2D eigenvalue weighted by atomic mass is 35.5. The first-order chi connectivity index (χ1) is 8.20. The molecule has 0 saturated carbocycles. The maximum absolute atomic E-state index is 5.87. The number of benzene rings is 1. The van der Waals surface area contributed by atoms with E-state index in [2.05, 4.69) is 10.2 Å². The van der Waals surface area contributed by atoms with Gasteiger partial charge >= 0.3 is 0 Å². The van der Waals surface area contributed by atoms with E-state index in [9.17, 15) is 0 Å². The van der Waals surface area contributed by atoms with Crippen molar-refractivity contribution < 1.29 is 4.74 Å². The van der Waals surface area contributed by atoms with Crippen LogP contribution >= 0.6 is 23.4 Å². The lowest BCUT2D eigenvalue weighted by atomic mass is 10.3. The highest BCUT2D eigenvalue weighted by Gasteiger charge is 2.10. The minimum Gasteiger partial charge on any atom is -0.479 e. The van der Waals surface area contributed by atoms with Crippen molar-refractivity contribution in [2.75, 3.05) is 12.8 Å². The van der Waals surface area contributed by atoms with Gasteiger partial charge in [-0.25, -0.2) is 0 Å². The van der Waals surface area contributed by atoms with Crippen LogP contribution in [0.2, 0.25) is 5.15 Å². The molecule has 88 valence electrons. The molecule has 0 unspecified atom stereocenters. The smallest absolute Gasteiger partial charge is 0.247 e. The summed E-state index contributed by atoms with van der Waals surface area (Å²) in [6.45, 7) is 0. The SMILES string of the molecule is COc1nnc(Cl)cc1Sc1ccccc1N. The van der Waals surface area contributed by atoms with Crippen molar-refractivity contribution in [1.82, 2.24) is 10.2 Å². The maximum Gasteiger partial charge on any atom is 0.247 e. The summed E-state index contributed by atoms with van der Waals surface area (Å²) in [5, 5.41) is 7.90. The van der Waals surface area contributed by atoms with Gasteiger partial charge in [0.05, 0.1) is 12.0 Å². The number of anilines is 1. The Balaban J connectivity index is 2.35. The van der Waals surface area contributed by atoms with Crippen LogP contribution in [0.4, 0.5) is 5.69 Å². The summed E-state index contributed by atoms with van der Waals surface area (Å²) < 4.78 is 5.12. The second-order valence-electron chi connectivity index (χ2n) is 3.18. The molecular weight excluding hydrogens is 258 g/mol. The zero-order valence-electron chi connectivity index (χ0n) is 9.05. The van der Waals surface area contributed by atoms with Crippen LogP contribution in [0.1, 0.15) is 0 Å². The monoisotopic (exact) mass is 267 g/mol. The molecule has 0 aliphatic heterocycles. The van der Waals surface area contributed by atoms with Gasteiger partial charge in [-0.15, -0.1) is 10.2 Å². The Hall–Kier alpha value is -1.46. The summed E-state index contributed by atoms with van der Waals surface area (Å²) >= 11 is 7.25. The first-order valence-electron chi connectivity index (χ1n) is 4.80. The van der Waals surface area contributed by atoms with Crippen LogP contribution in [0.3, 0.4) is 0 Å². The number of nitrogens with zero attached hydrogens (tertiary/aromatic N) is 2. The van der Waals surface area contributed by atoms with Crippen LogP contribution in [0, 0.1) is 0 Å². The molecule has 0 amide bonds. The van der Waals surface area contributed by atoms with E-state index in [1.807, 2.05) is 24.3 Å². The van der Waals surface area contributed by atoms with Gasteiger partial charge in [0, 0.05) is 10.6 Å². The third-order valence-electron chi connectivity index (χ3n) is 2.03. The fourth-order valence-electron chi connectivity index (χ4n) is 1.25. The van der Waals surface area contributed by atoms with Crippen molar-refractivity contribution in [1.29, 1.82) is 0 Å². The van der Waals surface area contributed by atoms with Crippen molar-refractivity contribution in [3.05, 3.63) is 35.5 Å². The molecule has 1 aromatic heterocycles. The largest absolute Gasteiger partial charge is 0.479 e. The Labute approximate surface area is 108 Å². The van der Waals surface area contributed by atoms with E-state index < -0.39 is 0 Å². The summed E-state index contributed by atoms with van der Waals surface area (Å²) in [6, 6.07) is 9.26. The van der Waals surface area contributed by atoms with Crippen molar-refractivity contribution in [3.63, 3.8) is 0 Å². The summed E-state index contributed by atoms with van der Waals surface area (Å²) in [6.07, 6.45) is 0. The number of ether oxygens (including phenoxy) is 1. The van der Waals surface area contributed by atoms with Gasteiger partial charge in [0.25, 0.3) is 0 Å². The minimum atomic E-state index is 0.322. The third-order valence-corrected chi connectivity index (χ3v) is 3.32. The predicted molar refractivity (Wildman–Crippen MR) is 68.6 cm³/mol. The molecule has 0 bridgehead atoms. The summed E-state index contributed by atoms with van der Waals surface area (Å²) in [4.78, 5) is 1.71. The number of hydrogen-bond donors (Lipinski definition) is 1. The molecule has 0 radical (unpaired) electrons. The van der Waals surface area contributed by atoms with Crippen molar-refractivity contribution in [3.8, 4) is 5.88 Å². The Bertz CT molecular complexity index is 536. The van der Waals surface area contributed by atoms with Gasteiger partial charge in [-0.1, -0.05) is 35.5 Å². The molecule has 0 fully saturated rings. The first-order valence-corrected chi connectivity index (χ1v) is 5.99. The summed E-state index contributed by atoms with van der Waals surface area (Å²) in [7, 11) is 1.54. The van der Waals surface area contributed by atoms with E-state index in [1.54, 1.807) is 6.07 Å². The average Bonchev–Trinajstić information content (AvgIpc) is 2.32. The number of rotatable bonds is 3. The molecule has 17 heavy (non-hydrogen) atoms. The lowest BCUT2D eigenvalue weighted by Gasteiger charge is -2.07. The maximum atomic E-state index is 5.87. The molecule has 0 aliphatic rings. The average molecular weight is 268 g/mol.